The molecule has 4 heteroatoms. The minimum Gasteiger partial charge on any atom is -0.391 e. The smallest absolute Gasteiger partial charge is 0.240 e. The molecule has 4 N–H and O–H groups in total. The van der Waals surface area contributed by atoms with Crippen molar-refractivity contribution < 1.29 is 9.90 Å². The lowest BCUT2D eigenvalue weighted by Crippen LogP contribution is -2.46. The summed E-state index contributed by atoms with van der Waals surface area (Å²) in [4.78, 5) is 11.3. The maximum absolute atomic E-state index is 11.3. The zero-order chi connectivity index (χ0) is 10.1. The lowest BCUT2D eigenvalue weighted by atomic mass is 10.1. The predicted molar refractivity (Wildman–Crippen MR) is 50.0 cm³/mol. The van der Waals surface area contributed by atoms with Gasteiger partial charge in [-0.15, -0.1) is 0 Å². The molecule has 1 amide bonds. The summed E-state index contributed by atoms with van der Waals surface area (Å²) in [5, 5.41) is 12.1. The van der Waals surface area contributed by atoms with Crippen molar-refractivity contribution in [3.63, 3.8) is 0 Å². The van der Waals surface area contributed by atoms with E-state index in [0.29, 0.717) is 6.54 Å². The quantitative estimate of drug-likeness (QED) is 0.559. The van der Waals surface area contributed by atoms with Crippen LogP contribution in [-0.4, -0.2) is 29.2 Å². The molecule has 1 aliphatic rings. The van der Waals surface area contributed by atoms with E-state index < -0.39 is 11.6 Å². The van der Waals surface area contributed by atoms with Crippen LogP contribution in [0.2, 0.25) is 0 Å². The van der Waals surface area contributed by atoms with Crippen molar-refractivity contribution in [1.29, 1.82) is 0 Å². The monoisotopic (exact) mass is 186 g/mol. The van der Waals surface area contributed by atoms with Gasteiger partial charge in [0.25, 0.3) is 0 Å². The zero-order valence-electron chi connectivity index (χ0n) is 8.21. The molecule has 1 rings (SSSR count). The van der Waals surface area contributed by atoms with Crippen LogP contribution in [0.15, 0.2) is 0 Å². The van der Waals surface area contributed by atoms with E-state index in [0.717, 1.165) is 12.8 Å². The summed E-state index contributed by atoms with van der Waals surface area (Å²) in [5.74, 6) is 0.0282. The topological polar surface area (TPSA) is 75.3 Å². The molecule has 0 radical (unpaired) electrons. The van der Waals surface area contributed by atoms with Crippen molar-refractivity contribution >= 4 is 5.91 Å². The Bertz CT molecular complexity index is 200. The van der Waals surface area contributed by atoms with E-state index in [1.165, 1.54) is 0 Å². The molecule has 0 aromatic carbocycles. The number of amides is 1. The van der Waals surface area contributed by atoms with Gasteiger partial charge in [-0.25, -0.2) is 0 Å². The molecule has 13 heavy (non-hydrogen) atoms. The molecule has 1 saturated carbocycles. The fraction of sp³-hybridized carbons (Fsp3) is 0.889. The summed E-state index contributed by atoms with van der Waals surface area (Å²) >= 11 is 0. The Balaban J connectivity index is 2.22. The van der Waals surface area contributed by atoms with Crippen LogP contribution < -0.4 is 11.1 Å². The van der Waals surface area contributed by atoms with Crippen LogP contribution in [0.4, 0.5) is 0 Å². The van der Waals surface area contributed by atoms with Crippen LogP contribution in [0.25, 0.3) is 0 Å². The molecule has 1 fully saturated rings. The zero-order valence-corrected chi connectivity index (χ0v) is 8.21. The number of rotatable bonds is 4. The molecule has 0 aromatic heterocycles. The summed E-state index contributed by atoms with van der Waals surface area (Å²) in [6.07, 6.45) is 1.04. The number of nitrogens with one attached hydrogen (secondary N) is 1. The number of carbonyl (C=O) groups excluding carboxylic acids is 1. The van der Waals surface area contributed by atoms with Gasteiger partial charge >= 0.3 is 0 Å². The lowest BCUT2D eigenvalue weighted by Gasteiger charge is -2.16. The number of hydrogen-bond acceptors (Lipinski definition) is 3. The first-order chi connectivity index (χ1) is 5.96. The standard InChI is InChI=1S/C9H18N2O2/c1-6(2)7(12)5-11-8(13)9(10)3-4-9/h6-7,12H,3-5,10H2,1-2H3,(H,11,13). The van der Waals surface area contributed by atoms with Gasteiger partial charge < -0.3 is 16.2 Å². The Kier molecular flexibility index (Phi) is 2.93. The molecule has 0 bridgehead atoms. The molecule has 0 aliphatic heterocycles. The number of hydrogen-bond donors (Lipinski definition) is 3. The largest absolute Gasteiger partial charge is 0.391 e. The molecule has 1 aliphatic carbocycles. The third-order valence-corrected chi connectivity index (χ3v) is 2.48. The van der Waals surface area contributed by atoms with Crippen molar-refractivity contribution in [2.75, 3.05) is 6.54 Å². The maximum atomic E-state index is 11.3. The van der Waals surface area contributed by atoms with Crippen molar-refractivity contribution in [2.45, 2.75) is 38.3 Å². The molecule has 76 valence electrons. The maximum Gasteiger partial charge on any atom is 0.240 e. The normalized spacial score (nSPS) is 21.3. The Labute approximate surface area is 78.5 Å². The first-order valence-electron chi connectivity index (χ1n) is 4.71. The molecule has 0 saturated heterocycles. The van der Waals surface area contributed by atoms with Gasteiger partial charge in [0.2, 0.25) is 5.91 Å². The highest BCUT2D eigenvalue weighted by Gasteiger charge is 2.45. The second-order valence-electron chi connectivity index (χ2n) is 4.18. The fourth-order valence-electron chi connectivity index (χ4n) is 0.971. The van der Waals surface area contributed by atoms with Crippen LogP contribution in [0.1, 0.15) is 26.7 Å². The van der Waals surface area contributed by atoms with Gasteiger partial charge in [0.15, 0.2) is 0 Å². The highest BCUT2D eigenvalue weighted by molar-refractivity contribution is 5.88. The van der Waals surface area contributed by atoms with E-state index >= 15 is 0 Å². The minimum atomic E-state index is -0.628. The molecule has 1 atom stereocenters. The summed E-state index contributed by atoms with van der Waals surface area (Å²) in [7, 11) is 0. The van der Waals surface area contributed by atoms with Crippen LogP contribution in [0.3, 0.4) is 0 Å². The first-order valence-corrected chi connectivity index (χ1v) is 4.71. The summed E-state index contributed by atoms with van der Waals surface area (Å²) in [6.45, 7) is 4.12. The van der Waals surface area contributed by atoms with Gasteiger partial charge in [0.1, 0.15) is 0 Å². The van der Waals surface area contributed by atoms with Gasteiger partial charge in [0.05, 0.1) is 11.6 Å². The highest BCUT2D eigenvalue weighted by Crippen LogP contribution is 2.31. The average Bonchev–Trinajstić information content (AvgIpc) is 2.79. The molecular weight excluding hydrogens is 168 g/mol. The first kappa shape index (κ1) is 10.5. The Hall–Kier alpha value is -0.610. The van der Waals surface area contributed by atoms with Crippen LogP contribution in [0, 0.1) is 5.92 Å². The molecule has 4 nitrogen and oxygen atoms in total. The summed E-state index contributed by atoms with van der Waals surface area (Å²) in [6, 6.07) is 0. The Morgan fingerprint density at radius 2 is 2.15 bits per heavy atom. The van der Waals surface area contributed by atoms with Gasteiger partial charge in [-0.1, -0.05) is 13.8 Å². The third-order valence-electron chi connectivity index (χ3n) is 2.48. The lowest BCUT2D eigenvalue weighted by molar-refractivity contribution is -0.123. The second-order valence-corrected chi connectivity index (χ2v) is 4.18. The van der Waals surface area contributed by atoms with Crippen LogP contribution in [0.5, 0.6) is 0 Å². The van der Waals surface area contributed by atoms with Gasteiger partial charge in [-0.05, 0) is 18.8 Å². The van der Waals surface area contributed by atoms with Crippen LogP contribution >= 0.6 is 0 Å². The van der Waals surface area contributed by atoms with E-state index in [4.69, 9.17) is 5.73 Å². The molecular formula is C9H18N2O2. The van der Waals surface area contributed by atoms with E-state index in [1.54, 1.807) is 0 Å². The van der Waals surface area contributed by atoms with Gasteiger partial charge in [-0.3, -0.25) is 4.79 Å². The fourth-order valence-corrected chi connectivity index (χ4v) is 0.971. The predicted octanol–water partition coefficient (Wildman–Crippen LogP) is -0.389. The summed E-state index contributed by atoms with van der Waals surface area (Å²) in [5.41, 5.74) is 5.03. The Morgan fingerprint density at radius 1 is 1.62 bits per heavy atom. The van der Waals surface area contributed by atoms with Crippen LogP contribution in [-0.2, 0) is 4.79 Å². The second kappa shape index (κ2) is 3.64. The van der Waals surface area contributed by atoms with Crippen molar-refractivity contribution in [2.24, 2.45) is 11.7 Å². The number of nitrogens with two attached hydrogens (primary N) is 1. The number of aliphatic hydroxyl groups excluding tert-OH is 1. The molecule has 0 aromatic rings. The van der Waals surface area contributed by atoms with Gasteiger partial charge in [-0.2, -0.15) is 0 Å². The van der Waals surface area contributed by atoms with E-state index in [2.05, 4.69) is 5.32 Å². The van der Waals surface area contributed by atoms with Crippen molar-refractivity contribution in [3.05, 3.63) is 0 Å². The van der Waals surface area contributed by atoms with E-state index in [-0.39, 0.29) is 11.8 Å². The van der Waals surface area contributed by atoms with Gasteiger partial charge in [0, 0.05) is 6.54 Å². The SMILES string of the molecule is CC(C)C(O)CNC(=O)C1(N)CC1. The summed E-state index contributed by atoms with van der Waals surface area (Å²) < 4.78 is 0. The third kappa shape index (κ3) is 2.67. The molecule has 0 heterocycles. The van der Waals surface area contributed by atoms with Crippen molar-refractivity contribution in [3.8, 4) is 0 Å². The molecule has 0 spiro atoms. The molecule has 1 unspecified atom stereocenters. The van der Waals surface area contributed by atoms with Crippen molar-refractivity contribution in [1.82, 2.24) is 5.32 Å². The van der Waals surface area contributed by atoms with E-state index in [9.17, 15) is 9.90 Å². The van der Waals surface area contributed by atoms with E-state index in [1.807, 2.05) is 13.8 Å². The highest BCUT2D eigenvalue weighted by atomic mass is 16.3. The minimum absolute atomic E-state index is 0.132. The number of carbonyl (C=O) groups is 1. The average molecular weight is 186 g/mol. The Morgan fingerprint density at radius 3 is 2.54 bits per heavy atom. The number of aliphatic hydroxyl groups is 1.